The molecule has 23 heavy (non-hydrogen) atoms. The Morgan fingerprint density at radius 3 is 2.65 bits per heavy atom. The van der Waals surface area contributed by atoms with Crippen molar-refractivity contribution in [2.24, 2.45) is 0 Å². The Morgan fingerprint density at radius 2 is 2.04 bits per heavy atom. The number of rotatable bonds is 6. The van der Waals surface area contributed by atoms with Crippen LogP contribution in [0.3, 0.4) is 0 Å². The molecule has 0 unspecified atom stereocenters. The highest BCUT2D eigenvalue weighted by Crippen LogP contribution is 2.18. The van der Waals surface area contributed by atoms with Gasteiger partial charge in [0.2, 0.25) is 0 Å². The average Bonchev–Trinajstić information content (AvgIpc) is 2.37. The summed E-state index contributed by atoms with van der Waals surface area (Å²) in [5, 5.41) is 12.1. The molecular weight excluding hydrogens is 318 g/mol. The summed E-state index contributed by atoms with van der Waals surface area (Å²) in [4.78, 5) is 22.3. The highest BCUT2D eigenvalue weighted by Gasteiger charge is 2.15. The number of aliphatic carboxylic acids is 1. The fourth-order valence-electron chi connectivity index (χ4n) is 1.83. The van der Waals surface area contributed by atoms with E-state index in [1.165, 1.54) is 0 Å². The zero-order valence-electron chi connectivity index (χ0n) is 13.6. The Kier molecular flexibility index (Phi) is 7.10. The zero-order valence-corrected chi connectivity index (χ0v) is 14.3. The van der Waals surface area contributed by atoms with Crippen molar-refractivity contribution in [3.63, 3.8) is 0 Å². The van der Waals surface area contributed by atoms with E-state index >= 15 is 0 Å². The third-order valence-electron chi connectivity index (χ3n) is 2.72. The molecule has 0 atom stereocenters. The molecule has 0 spiro atoms. The number of carboxylic acids is 1. The highest BCUT2D eigenvalue weighted by atomic mass is 35.5. The lowest BCUT2D eigenvalue weighted by atomic mass is 10.0. The molecule has 0 heterocycles. The first-order valence-corrected chi connectivity index (χ1v) is 7.69. The number of nitrogens with one attached hydrogen (secondary N) is 1. The predicted molar refractivity (Wildman–Crippen MR) is 90.7 cm³/mol. The Bertz CT molecular complexity index is 591. The summed E-state index contributed by atoms with van der Waals surface area (Å²) in [6.07, 6.45) is 3.76. The van der Waals surface area contributed by atoms with Crippen LogP contribution in [0.1, 0.15) is 38.3 Å². The van der Waals surface area contributed by atoms with Crippen molar-refractivity contribution in [1.29, 1.82) is 0 Å². The first kappa shape index (κ1) is 19.0. The van der Waals surface area contributed by atoms with Gasteiger partial charge in [-0.15, -0.1) is 0 Å². The number of carbonyl (C=O) groups excluding carboxylic acids is 1. The lowest BCUT2D eigenvalue weighted by Gasteiger charge is -2.19. The summed E-state index contributed by atoms with van der Waals surface area (Å²) in [7, 11) is 0. The Labute approximate surface area is 141 Å². The number of halogens is 1. The summed E-state index contributed by atoms with van der Waals surface area (Å²) in [6, 6.07) is 5.14. The molecule has 0 fully saturated rings. The molecule has 1 amide bonds. The van der Waals surface area contributed by atoms with Crippen LogP contribution in [-0.2, 0) is 16.0 Å². The van der Waals surface area contributed by atoms with E-state index in [2.05, 4.69) is 5.32 Å². The van der Waals surface area contributed by atoms with Gasteiger partial charge in [-0.1, -0.05) is 29.8 Å². The van der Waals surface area contributed by atoms with Crippen LogP contribution in [0.15, 0.2) is 24.3 Å². The third kappa shape index (κ3) is 8.26. The number of amides is 1. The van der Waals surface area contributed by atoms with Crippen LogP contribution in [0.25, 0.3) is 6.08 Å². The second-order valence-corrected chi connectivity index (χ2v) is 6.47. The number of carboxylic acid groups (broad SMARTS) is 1. The molecular formula is C17H22ClNO4. The van der Waals surface area contributed by atoms with Crippen molar-refractivity contribution < 1.29 is 19.4 Å². The molecule has 0 bridgehead atoms. The van der Waals surface area contributed by atoms with Gasteiger partial charge in [0.05, 0.1) is 6.42 Å². The molecule has 1 aromatic carbocycles. The summed E-state index contributed by atoms with van der Waals surface area (Å²) in [5.74, 6) is -0.909. The van der Waals surface area contributed by atoms with Gasteiger partial charge in [0.15, 0.2) is 0 Å². The van der Waals surface area contributed by atoms with E-state index in [9.17, 15) is 9.59 Å². The number of benzene rings is 1. The quantitative estimate of drug-likeness (QED) is 0.771. The maximum atomic E-state index is 11.5. The van der Waals surface area contributed by atoms with Crippen LogP contribution in [0.4, 0.5) is 4.79 Å². The van der Waals surface area contributed by atoms with Gasteiger partial charge in [-0.05, 0) is 50.5 Å². The normalized spacial score (nSPS) is 11.5. The molecule has 0 radical (unpaired) electrons. The highest BCUT2D eigenvalue weighted by molar-refractivity contribution is 6.30. The van der Waals surface area contributed by atoms with Gasteiger partial charge in [-0.3, -0.25) is 4.79 Å². The third-order valence-corrected chi connectivity index (χ3v) is 2.96. The van der Waals surface area contributed by atoms with Crippen molar-refractivity contribution in [3.05, 3.63) is 40.4 Å². The fraction of sp³-hybridized carbons (Fsp3) is 0.412. The minimum atomic E-state index is -0.909. The maximum Gasteiger partial charge on any atom is 0.407 e. The summed E-state index contributed by atoms with van der Waals surface area (Å²) >= 11 is 5.89. The van der Waals surface area contributed by atoms with Crippen LogP contribution >= 0.6 is 11.6 Å². The van der Waals surface area contributed by atoms with Gasteiger partial charge >= 0.3 is 12.1 Å². The van der Waals surface area contributed by atoms with Crippen LogP contribution < -0.4 is 5.32 Å². The van der Waals surface area contributed by atoms with E-state index in [1.807, 2.05) is 12.2 Å². The van der Waals surface area contributed by atoms with E-state index < -0.39 is 17.7 Å². The molecule has 5 nitrogen and oxygen atoms in total. The van der Waals surface area contributed by atoms with Gasteiger partial charge in [0, 0.05) is 11.6 Å². The first-order chi connectivity index (χ1) is 10.7. The molecule has 0 saturated carbocycles. The summed E-state index contributed by atoms with van der Waals surface area (Å²) < 4.78 is 5.12. The smallest absolute Gasteiger partial charge is 0.407 e. The standard InChI is InChI=1S/C17H22ClNO4/c1-17(2,3)23-16(22)19-9-5-4-6-12-7-8-14(18)10-13(12)11-15(20)21/h4,6-8,10H,5,9,11H2,1-3H3,(H,19,22)(H,20,21). The molecule has 0 aliphatic rings. The zero-order chi connectivity index (χ0) is 17.5. The number of ether oxygens (including phenoxy) is 1. The number of carbonyl (C=O) groups is 2. The second-order valence-electron chi connectivity index (χ2n) is 6.03. The van der Waals surface area contributed by atoms with E-state index in [4.69, 9.17) is 21.4 Å². The second kappa shape index (κ2) is 8.58. The van der Waals surface area contributed by atoms with E-state index in [0.717, 1.165) is 5.56 Å². The minimum absolute atomic E-state index is 0.0869. The molecule has 1 rings (SSSR count). The molecule has 0 saturated heterocycles. The largest absolute Gasteiger partial charge is 0.481 e. The van der Waals surface area contributed by atoms with E-state index in [-0.39, 0.29) is 6.42 Å². The van der Waals surface area contributed by atoms with Crippen molar-refractivity contribution in [1.82, 2.24) is 5.32 Å². The van der Waals surface area contributed by atoms with Crippen molar-refractivity contribution in [2.75, 3.05) is 6.54 Å². The first-order valence-electron chi connectivity index (χ1n) is 7.31. The molecule has 126 valence electrons. The lowest BCUT2D eigenvalue weighted by molar-refractivity contribution is -0.136. The van der Waals surface area contributed by atoms with E-state index in [0.29, 0.717) is 23.6 Å². The van der Waals surface area contributed by atoms with Gasteiger partial charge in [-0.25, -0.2) is 4.79 Å². The number of hydrogen-bond donors (Lipinski definition) is 2. The monoisotopic (exact) mass is 339 g/mol. The number of alkyl carbamates (subject to hydrolysis) is 1. The SMILES string of the molecule is CC(C)(C)OC(=O)NCCC=Cc1ccc(Cl)cc1CC(=O)O. The fourth-order valence-corrected chi connectivity index (χ4v) is 2.03. The van der Waals surface area contributed by atoms with Crippen LogP contribution in [-0.4, -0.2) is 29.3 Å². The summed E-state index contributed by atoms with van der Waals surface area (Å²) in [5.41, 5.74) is 0.935. The van der Waals surface area contributed by atoms with Gasteiger partial charge < -0.3 is 15.2 Å². The van der Waals surface area contributed by atoms with Crippen molar-refractivity contribution in [3.8, 4) is 0 Å². The molecule has 0 aliphatic heterocycles. The molecule has 1 aromatic rings. The Balaban J connectivity index is 2.52. The molecule has 0 aliphatic carbocycles. The molecule has 0 aromatic heterocycles. The predicted octanol–water partition coefficient (Wildman–Crippen LogP) is 3.90. The maximum absolute atomic E-state index is 11.5. The van der Waals surface area contributed by atoms with Crippen molar-refractivity contribution in [2.45, 2.75) is 39.2 Å². The van der Waals surface area contributed by atoms with Crippen LogP contribution in [0.2, 0.25) is 5.02 Å². The lowest BCUT2D eigenvalue weighted by Crippen LogP contribution is -2.32. The van der Waals surface area contributed by atoms with Gasteiger partial charge in [0.25, 0.3) is 0 Å². The van der Waals surface area contributed by atoms with Crippen molar-refractivity contribution >= 4 is 29.7 Å². The van der Waals surface area contributed by atoms with Gasteiger partial charge in [0.1, 0.15) is 5.60 Å². The number of hydrogen-bond acceptors (Lipinski definition) is 3. The van der Waals surface area contributed by atoms with Crippen LogP contribution in [0.5, 0.6) is 0 Å². The molecule has 6 heteroatoms. The summed E-state index contributed by atoms with van der Waals surface area (Å²) in [6.45, 7) is 5.85. The van der Waals surface area contributed by atoms with Gasteiger partial charge in [-0.2, -0.15) is 0 Å². The Morgan fingerprint density at radius 1 is 1.35 bits per heavy atom. The minimum Gasteiger partial charge on any atom is -0.481 e. The average molecular weight is 340 g/mol. The van der Waals surface area contributed by atoms with Crippen LogP contribution in [0, 0.1) is 0 Å². The van der Waals surface area contributed by atoms with E-state index in [1.54, 1.807) is 39.0 Å². The Hall–Kier alpha value is -2.01. The molecule has 2 N–H and O–H groups in total. The topological polar surface area (TPSA) is 75.6 Å².